The molecule has 0 atom stereocenters. The van der Waals surface area contributed by atoms with E-state index in [4.69, 9.17) is 19.9 Å². The Morgan fingerprint density at radius 3 is 1.69 bits per heavy atom. The molecular formula is C50H31N5. The highest BCUT2D eigenvalue weighted by Crippen LogP contribution is 2.37. The molecule has 0 saturated carbocycles. The first-order chi connectivity index (χ1) is 27.2. The third kappa shape index (κ3) is 5.24. The van der Waals surface area contributed by atoms with Crippen molar-refractivity contribution < 1.29 is 0 Å². The number of aromatic nitrogens is 5. The van der Waals surface area contributed by atoms with Gasteiger partial charge in [0.1, 0.15) is 11.2 Å². The third-order valence-corrected chi connectivity index (χ3v) is 10.6. The first-order valence-corrected chi connectivity index (χ1v) is 18.5. The minimum absolute atomic E-state index is 0.684. The van der Waals surface area contributed by atoms with Crippen molar-refractivity contribution in [2.75, 3.05) is 0 Å². The summed E-state index contributed by atoms with van der Waals surface area (Å²) >= 11 is 0. The fraction of sp³-hybridized carbons (Fsp3) is 0. The van der Waals surface area contributed by atoms with Crippen LogP contribution in [0.25, 0.3) is 105 Å². The van der Waals surface area contributed by atoms with E-state index in [0.717, 1.165) is 88.8 Å². The van der Waals surface area contributed by atoms with Gasteiger partial charge < -0.3 is 0 Å². The molecule has 0 radical (unpaired) electrons. The van der Waals surface area contributed by atoms with Gasteiger partial charge in [0.15, 0.2) is 5.82 Å². The first-order valence-electron chi connectivity index (χ1n) is 18.5. The molecule has 11 rings (SSSR count). The van der Waals surface area contributed by atoms with Crippen molar-refractivity contribution in [3.63, 3.8) is 0 Å². The van der Waals surface area contributed by atoms with Crippen molar-refractivity contribution in [2.24, 2.45) is 0 Å². The molecule has 0 spiro atoms. The molecule has 0 fully saturated rings. The number of hydrogen-bond acceptors (Lipinski definition) is 4. The van der Waals surface area contributed by atoms with Crippen molar-refractivity contribution >= 4 is 49.1 Å². The predicted octanol–water partition coefficient (Wildman–Crippen LogP) is 12.5. The monoisotopic (exact) mass is 701 g/mol. The number of pyridine rings is 2. The molecule has 7 aromatic carbocycles. The van der Waals surface area contributed by atoms with Crippen LogP contribution >= 0.6 is 0 Å². The topological polar surface area (TPSA) is 56.0 Å². The Morgan fingerprint density at radius 2 is 0.964 bits per heavy atom. The summed E-state index contributed by atoms with van der Waals surface area (Å²) in [6.07, 6.45) is 2.07. The summed E-state index contributed by atoms with van der Waals surface area (Å²) in [6.45, 7) is 0. The summed E-state index contributed by atoms with van der Waals surface area (Å²) in [7, 11) is 0. The number of hydrogen-bond donors (Lipinski definition) is 0. The summed E-state index contributed by atoms with van der Waals surface area (Å²) in [5.74, 6) is 0.684. The van der Waals surface area contributed by atoms with Gasteiger partial charge in [0.05, 0.1) is 28.1 Å². The van der Waals surface area contributed by atoms with E-state index in [-0.39, 0.29) is 0 Å². The summed E-state index contributed by atoms with van der Waals surface area (Å²) < 4.78 is 2.14. The number of fused-ring (bicyclic) bond motifs is 7. The van der Waals surface area contributed by atoms with Crippen molar-refractivity contribution in [2.45, 2.75) is 0 Å². The summed E-state index contributed by atoms with van der Waals surface area (Å²) in [5.41, 5.74) is 12.8. The molecule has 55 heavy (non-hydrogen) atoms. The van der Waals surface area contributed by atoms with Gasteiger partial charge in [0.25, 0.3) is 0 Å². The van der Waals surface area contributed by atoms with Gasteiger partial charge in [-0.1, -0.05) is 152 Å². The second-order valence-electron chi connectivity index (χ2n) is 13.9. The van der Waals surface area contributed by atoms with E-state index in [1.165, 1.54) is 10.8 Å². The second-order valence-corrected chi connectivity index (χ2v) is 13.9. The Kier molecular flexibility index (Phi) is 7.10. The molecule has 0 bridgehead atoms. The van der Waals surface area contributed by atoms with Crippen LogP contribution in [0.3, 0.4) is 0 Å². The van der Waals surface area contributed by atoms with Crippen molar-refractivity contribution in [3.05, 3.63) is 188 Å². The van der Waals surface area contributed by atoms with Crippen LogP contribution in [-0.2, 0) is 0 Å². The fourth-order valence-electron chi connectivity index (χ4n) is 7.96. The van der Waals surface area contributed by atoms with Crippen molar-refractivity contribution in [1.29, 1.82) is 0 Å². The summed E-state index contributed by atoms with van der Waals surface area (Å²) in [6, 6.07) is 63.5. The van der Waals surface area contributed by atoms with Gasteiger partial charge in [-0.25, -0.2) is 19.9 Å². The van der Waals surface area contributed by atoms with Crippen LogP contribution in [0.2, 0.25) is 0 Å². The molecule has 0 aliphatic carbocycles. The fourth-order valence-corrected chi connectivity index (χ4v) is 7.96. The minimum Gasteiger partial charge on any atom is -0.298 e. The van der Waals surface area contributed by atoms with Crippen LogP contribution in [0, 0.1) is 0 Å². The SMILES string of the molecule is c1cc(-c2ccc(-c3nc(-c4cccc5ccccc45)cc(-c4cccc5ccccc45)n3)cc2)cc(-c2nc3ccccc3c3nc4ccccn4c23)c1. The number of nitrogens with zero attached hydrogens (tertiary/aromatic N) is 5. The summed E-state index contributed by atoms with van der Waals surface area (Å²) in [5, 5.41) is 5.73. The maximum absolute atomic E-state index is 5.23. The maximum atomic E-state index is 5.23. The van der Waals surface area contributed by atoms with Gasteiger partial charge in [-0.15, -0.1) is 0 Å². The number of imidazole rings is 1. The van der Waals surface area contributed by atoms with E-state index in [9.17, 15) is 0 Å². The van der Waals surface area contributed by atoms with Gasteiger partial charge in [0.2, 0.25) is 0 Å². The number of para-hydroxylation sites is 1. The Labute approximate surface area is 316 Å². The standard InChI is InChI=1S/C50H31N5/c1-3-18-38-33(12-1)14-10-21-40(38)44-31-45(41-22-11-15-34-13-2-4-19-39(34)41)53-50(52-44)35-27-25-32(26-28-35)36-16-9-17-37(30-36)47-49-48(42-20-5-6-23-43(42)51-47)54-46-24-7-8-29-55(46)49/h1-31H. The van der Waals surface area contributed by atoms with Crippen LogP contribution in [0.4, 0.5) is 0 Å². The first kappa shape index (κ1) is 31.1. The van der Waals surface area contributed by atoms with E-state index < -0.39 is 0 Å². The molecule has 11 aromatic rings. The van der Waals surface area contributed by atoms with E-state index >= 15 is 0 Å². The maximum Gasteiger partial charge on any atom is 0.160 e. The minimum atomic E-state index is 0.684. The molecule has 0 saturated heterocycles. The Bertz CT molecular complexity index is 3160. The average molecular weight is 702 g/mol. The zero-order valence-corrected chi connectivity index (χ0v) is 29.6. The third-order valence-electron chi connectivity index (χ3n) is 10.6. The lowest BCUT2D eigenvalue weighted by molar-refractivity contribution is 1.19. The van der Waals surface area contributed by atoms with Crippen LogP contribution in [0.15, 0.2) is 188 Å². The molecule has 4 heterocycles. The van der Waals surface area contributed by atoms with Crippen LogP contribution in [0.5, 0.6) is 0 Å². The Morgan fingerprint density at radius 1 is 0.382 bits per heavy atom. The number of rotatable bonds is 5. The molecule has 0 amide bonds. The lowest BCUT2D eigenvalue weighted by Crippen LogP contribution is -1.97. The van der Waals surface area contributed by atoms with Gasteiger partial charge in [-0.3, -0.25) is 4.40 Å². The zero-order valence-electron chi connectivity index (χ0n) is 29.6. The molecule has 5 nitrogen and oxygen atoms in total. The quantitative estimate of drug-likeness (QED) is 0.179. The Balaban J connectivity index is 1.03. The van der Waals surface area contributed by atoms with E-state index in [1.54, 1.807) is 0 Å². The lowest BCUT2D eigenvalue weighted by Gasteiger charge is -2.13. The van der Waals surface area contributed by atoms with Crippen LogP contribution in [0.1, 0.15) is 0 Å². The van der Waals surface area contributed by atoms with Gasteiger partial charge in [-0.2, -0.15) is 0 Å². The van der Waals surface area contributed by atoms with Crippen molar-refractivity contribution in [1.82, 2.24) is 24.3 Å². The molecule has 0 aliphatic heterocycles. The van der Waals surface area contributed by atoms with Gasteiger partial charge in [0, 0.05) is 33.8 Å². The normalized spacial score (nSPS) is 11.6. The van der Waals surface area contributed by atoms with Crippen molar-refractivity contribution in [3.8, 4) is 56.3 Å². The molecule has 0 aliphatic rings. The smallest absolute Gasteiger partial charge is 0.160 e. The highest BCUT2D eigenvalue weighted by Gasteiger charge is 2.18. The van der Waals surface area contributed by atoms with Gasteiger partial charge in [-0.05, 0) is 63.0 Å². The van der Waals surface area contributed by atoms with Crippen LogP contribution in [-0.4, -0.2) is 24.3 Å². The van der Waals surface area contributed by atoms with E-state index in [1.807, 2.05) is 30.3 Å². The molecule has 0 N–H and O–H groups in total. The average Bonchev–Trinajstić information content (AvgIpc) is 3.66. The zero-order chi connectivity index (χ0) is 36.3. The lowest BCUT2D eigenvalue weighted by atomic mass is 9.98. The number of benzene rings is 7. The second kappa shape index (κ2) is 12.6. The molecule has 256 valence electrons. The predicted molar refractivity (Wildman–Crippen MR) is 226 cm³/mol. The highest BCUT2D eigenvalue weighted by atomic mass is 15.0. The van der Waals surface area contributed by atoms with Crippen LogP contribution < -0.4 is 0 Å². The molecule has 4 aromatic heterocycles. The molecule has 0 unspecified atom stereocenters. The Hall–Kier alpha value is -7.50. The summed E-state index contributed by atoms with van der Waals surface area (Å²) in [4.78, 5) is 20.7. The van der Waals surface area contributed by atoms with E-state index in [0.29, 0.717) is 5.82 Å². The van der Waals surface area contributed by atoms with E-state index in [2.05, 4.69) is 162 Å². The highest BCUT2D eigenvalue weighted by molar-refractivity contribution is 6.09. The largest absolute Gasteiger partial charge is 0.298 e. The van der Waals surface area contributed by atoms with Gasteiger partial charge >= 0.3 is 0 Å². The molecular weight excluding hydrogens is 671 g/mol. The molecule has 5 heteroatoms.